The highest BCUT2D eigenvalue weighted by Gasteiger charge is 2.15. The minimum atomic E-state index is -1.04. The van der Waals surface area contributed by atoms with E-state index in [0.717, 1.165) is 30.0 Å². The highest BCUT2D eigenvalue weighted by molar-refractivity contribution is 7.99. The van der Waals surface area contributed by atoms with E-state index in [1.54, 1.807) is 0 Å². The molecule has 6 nitrogen and oxygen atoms in total. The van der Waals surface area contributed by atoms with E-state index in [-0.39, 0.29) is 28.8 Å². The van der Waals surface area contributed by atoms with Gasteiger partial charge in [0.25, 0.3) is 0 Å². The Kier molecular flexibility index (Phi) is 4.86. The van der Waals surface area contributed by atoms with Gasteiger partial charge in [0.2, 0.25) is 0 Å². The van der Waals surface area contributed by atoms with E-state index in [1.165, 1.54) is 4.57 Å². The van der Waals surface area contributed by atoms with Crippen LogP contribution in [0.2, 0.25) is 0 Å². The Bertz CT molecular complexity index is 663. The van der Waals surface area contributed by atoms with E-state index in [2.05, 4.69) is 10.2 Å². The first-order valence-corrected chi connectivity index (χ1v) is 6.81. The molecule has 1 aromatic carbocycles. The fraction of sp³-hybridized carbons (Fsp3) is 0.250. The molecule has 2 N–H and O–H groups in total. The summed E-state index contributed by atoms with van der Waals surface area (Å²) in [5.41, 5.74) is 0.0571. The van der Waals surface area contributed by atoms with Crippen LogP contribution in [0.5, 0.6) is 0 Å². The SMILES string of the molecule is O=C(O)CSc1nnc(CO)n1Cc1cc(F)ccc1F. The second-order valence-electron chi connectivity index (χ2n) is 4.06. The van der Waals surface area contributed by atoms with Crippen LogP contribution in [0.25, 0.3) is 0 Å². The van der Waals surface area contributed by atoms with Gasteiger partial charge in [0.1, 0.15) is 18.2 Å². The summed E-state index contributed by atoms with van der Waals surface area (Å²) in [6, 6.07) is 3.03. The van der Waals surface area contributed by atoms with E-state index >= 15 is 0 Å². The molecule has 0 aliphatic heterocycles. The van der Waals surface area contributed by atoms with E-state index < -0.39 is 24.2 Å². The molecule has 0 aliphatic carbocycles. The number of hydrogen-bond acceptors (Lipinski definition) is 5. The third-order valence-corrected chi connectivity index (χ3v) is 3.55. The van der Waals surface area contributed by atoms with Gasteiger partial charge in [0, 0.05) is 5.56 Å². The maximum Gasteiger partial charge on any atom is 0.313 e. The predicted octanol–water partition coefficient (Wildman–Crippen LogP) is 1.27. The third kappa shape index (κ3) is 3.76. The van der Waals surface area contributed by atoms with Crippen molar-refractivity contribution in [1.82, 2.24) is 14.8 Å². The number of carboxylic acids is 1. The Labute approximate surface area is 122 Å². The molecule has 0 aliphatic rings. The molecule has 9 heteroatoms. The van der Waals surface area contributed by atoms with Crippen LogP contribution in [0, 0.1) is 11.6 Å². The third-order valence-electron chi connectivity index (χ3n) is 2.60. The number of aliphatic hydroxyl groups excluding tert-OH is 1. The molecule has 1 aromatic heterocycles. The molecule has 0 radical (unpaired) electrons. The molecule has 0 unspecified atom stereocenters. The number of aliphatic hydroxyl groups is 1. The van der Waals surface area contributed by atoms with Crippen molar-refractivity contribution < 1.29 is 23.8 Å². The molecule has 21 heavy (non-hydrogen) atoms. The first-order valence-electron chi connectivity index (χ1n) is 5.82. The summed E-state index contributed by atoms with van der Waals surface area (Å²) in [6.45, 7) is -0.550. The van der Waals surface area contributed by atoms with Crippen molar-refractivity contribution in [2.45, 2.75) is 18.3 Å². The van der Waals surface area contributed by atoms with Gasteiger partial charge in [-0.1, -0.05) is 11.8 Å². The molecule has 1 heterocycles. The van der Waals surface area contributed by atoms with Gasteiger partial charge in [-0.3, -0.25) is 9.36 Å². The number of benzene rings is 1. The second-order valence-corrected chi connectivity index (χ2v) is 5.00. The minimum Gasteiger partial charge on any atom is -0.481 e. The lowest BCUT2D eigenvalue weighted by molar-refractivity contribution is -0.133. The molecule has 0 atom stereocenters. The number of hydrogen-bond donors (Lipinski definition) is 2. The molecule has 112 valence electrons. The largest absolute Gasteiger partial charge is 0.481 e. The summed E-state index contributed by atoms with van der Waals surface area (Å²) in [4.78, 5) is 10.6. The minimum absolute atomic E-state index is 0.0571. The van der Waals surface area contributed by atoms with Crippen LogP contribution in [-0.2, 0) is 17.9 Å². The predicted molar refractivity (Wildman–Crippen MR) is 69.8 cm³/mol. The van der Waals surface area contributed by atoms with Crippen LogP contribution in [0.3, 0.4) is 0 Å². The molecule has 0 saturated heterocycles. The highest BCUT2D eigenvalue weighted by Crippen LogP contribution is 2.20. The van der Waals surface area contributed by atoms with Crippen molar-refractivity contribution in [2.75, 3.05) is 5.75 Å². The van der Waals surface area contributed by atoms with Crippen molar-refractivity contribution >= 4 is 17.7 Å². The molecule has 0 amide bonds. The van der Waals surface area contributed by atoms with E-state index in [9.17, 15) is 18.7 Å². The lowest BCUT2D eigenvalue weighted by Crippen LogP contribution is -2.09. The zero-order valence-corrected chi connectivity index (χ0v) is 11.5. The zero-order chi connectivity index (χ0) is 15.4. The average Bonchev–Trinajstić information content (AvgIpc) is 2.82. The molecule has 0 bridgehead atoms. The van der Waals surface area contributed by atoms with E-state index in [0.29, 0.717) is 0 Å². The Morgan fingerprint density at radius 3 is 2.76 bits per heavy atom. The summed E-state index contributed by atoms with van der Waals surface area (Å²) in [5.74, 6) is -2.36. The Morgan fingerprint density at radius 1 is 1.33 bits per heavy atom. The molecule has 0 saturated carbocycles. The second kappa shape index (κ2) is 6.64. The number of aromatic nitrogens is 3. The molecular weight excluding hydrogens is 304 g/mol. The monoisotopic (exact) mass is 315 g/mol. The Morgan fingerprint density at radius 2 is 2.10 bits per heavy atom. The van der Waals surface area contributed by atoms with Crippen LogP contribution in [-0.4, -0.2) is 36.7 Å². The first-order chi connectivity index (χ1) is 10.0. The van der Waals surface area contributed by atoms with Crippen molar-refractivity contribution in [3.05, 3.63) is 41.2 Å². The van der Waals surface area contributed by atoms with Gasteiger partial charge in [0.15, 0.2) is 11.0 Å². The number of aliphatic carboxylic acids is 1. The van der Waals surface area contributed by atoms with Gasteiger partial charge in [-0.05, 0) is 18.2 Å². The summed E-state index contributed by atoms with van der Waals surface area (Å²) in [5, 5.41) is 25.5. The molecule has 2 aromatic rings. The fourth-order valence-electron chi connectivity index (χ4n) is 1.66. The Balaban J connectivity index is 2.30. The average molecular weight is 315 g/mol. The van der Waals surface area contributed by atoms with Crippen LogP contribution >= 0.6 is 11.8 Å². The summed E-state index contributed by atoms with van der Waals surface area (Å²) >= 11 is 0.883. The summed E-state index contributed by atoms with van der Waals surface area (Å²) in [6.07, 6.45) is 0. The lowest BCUT2D eigenvalue weighted by atomic mass is 10.2. The summed E-state index contributed by atoms with van der Waals surface area (Å²) < 4.78 is 28.2. The number of halogens is 2. The van der Waals surface area contributed by atoms with Crippen LogP contribution in [0.15, 0.2) is 23.4 Å². The van der Waals surface area contributed by atoms with Gasteiger partial charge in [-0.25, -0.2) is 8.78 Å². The molecule has 0 spiro atoms. The molecular formula is C12H11F2N3O3S. The quantitative estimate of drug-likeness (QED) is 0.781. The lowest BCUT2D eigenvalue weighted by Gasteiger charge is -2.09. The number of thioether (sulfide) groups is 1. The number of carboxylic acid groups (broad SMARTS) is 1. The number of rotatable bonds is 6. The van der Waals surface area contributed by atoms with Gasteiger partial charge in [-0.2, -0.15) is 0 Å². The van der Waals surface area contributed by atoms with Crippen molar-refractivity contribution in [3.8, 4) is 0 Å². The Hall–Kier alpha value is -2.00. The van der Waals surface area contributed by atoms with Gasteiger partial charge >= 0.3 is 5.97 Å². The van der Waals surface area contributed by atoms with Crippen LogP contribution in [0.4, 0.5) is 8.78 Å². The van der Waals surface area contributed by atoms with E-state index in [1.807, 2.05) is 0 Å². The van der Waals surface area contributed by atoms with Crippen molar-refractivity contribution in [3.63, 3.8) is 0 Å². The fourth-order valence-corrected chi connectivity index (χ4v) is 2.34. The number of nitrogens with zero attached hydrogens (tertiary/aromatic N) is 3. The van der Waals surface area contributed by atoms with Gasteiger partial charge < -0.3 is 10.2 Å². The van der Waals surface area contributed by atoms with Crippen LogP contribution in [0.1, 0.15) is 11.4 Å². The summed E-state index contributed by atoms with van der Waals surface area (Å²) in [7, 11) is 0. The van der Waals surface area contributed by atoms with Gasteiger partial charge in [0.05, 0.1) is 12.3 Å². The zero-order valence-electron chi connectivity index (χ0n) is 10.7. The topological polar surface area (TPSA) is 88.2 Å². The maximum absolute atomic E-state index is 13.7. The first kappa shape index (κ1) is 15.4. The molecule has 2 rings (SSSR count). The standard InChI is InChI=1S/C12H11F2N3O3S/c13-8-1-2-9(14)7(3-8)4-17-10(5-18)15-16-12(17)21-6-11(19)20/h1-3,18H,4-6H2,(H,19,20). The normalized spacial score (nSPS) is 10.8. The maximum atomic E-state index is 13.7. The number of carbonyl (C=O) groups is 1. The smallest absolute Gasteiger partial charge is 0.313 e. The van der Waals surface area contributed by atoms with Crippen molar-refractivity contribution in [2.24, 2.45) is 0 Å². The van der Waals surface area contributed by atoms with Gasteiger partial charge in [-0.15, -0.1) is 10.2 Å². The molecule has 0 fully saturated rings. The van der Waals surface area contributed by atoms with Crippen LogP contribution < -0.4 is 0 Å². The van der Waals surface area contributed by atoms with Crippen molar-refractivity contribution in [1.29, 1.82) is 0 Å². The van der Waals surface area contributed by atoms with E-state index in [4.69, 9.17) is 5.11 Å². The highest BCUT2D eigenvalue weighted by atomic mass is 32.2.